The molecular formula is C32H24N10O9S. The van der Waals surface area contributed by atoms with Gasteiger partial charge in [0.25, 0.3) is 12.2 Å². The third kappa shape index (κ3) is 7.65. The van der Waals surface area contributed by atoms with Crippen molar-refractivity contribution in [3.63, 3.8) is 0 Å². The number of aromatic nitrogens is 8. The number of nitrogens with zero attached hydrogens (tertiary/aromatic N) is 8. The number of tetrazole rings is 1. The minimum Gasteiger partial charge on any atom is -0.493 e. The topological polar surface area (TPSA) is 237 Å². The molecule has 0 saturated heterocycles. The Labute approximate surface area is 294 Å². The molecule has 1 amide bonds. The summed E-state index contributed by atoms with van der Waals surface area (Å²) in [4.78, 5) is 29.1. The first-order valence-corrected chi connectivity index (χ1v) is 16.2. The summed E-state index contributed by atoms with van der Waals surface area (Å²) in [5.41, 5.74) is 1.90. The molecular weight excluding hydrogens is 700 g/mol. The summed E-state index contributed by atoms with van der Waals surface area (Å²) in [6.45, 7) is -0.427. The molecule has 3 aliphatic rings. The van der Waals surface area contributed by atoms with Gasteiger partial charge in [0.1, 0.15) is 24.7 Å². The van der Waals surface area contributed by atoms with E-state index in [1.165, 1.54) is 19.5 Å². The zero-order valence-electron chi connectivity index (χ0n) is 26.7. The first-order valence-electron chi connectivity index (χ1n) is 15.1. The number of anilines is 1. The summed E-state index contributed by atoms with van der Waals surface area (Å²) in [7, 11) is -1.50. The SMILES string of the molecule is COc1ccccc1Oc1c(N=S(=O)=O)nc(-c2ccnc(-c3nnn[nH]3)c2)nc1OCCOC(=O)Nc1ccccn1.c1cc2c3cc1C(O2)O3. The minimum atomic E-state index is -2.94. The zero-order chi connectivity index (χ0) is 35.9. The second-order valence-corrected chi connectivity index (χ2v) is 11.0. The number of nitrogens with one attached hydrogen (secondary N) is 2. The van der Waals surface area contributed by atoms with Crippen molar-refractivity contribution in [2.24, 2.45) is 4.36 Å². The van der Waals surface area contributed by atoms with Crippen LogP contribution in [0.5, 0.6) is 34.6 Å². The number of hydrogen-bond donors (Lipinski definition) is 2. The van der Waals surface area contributed by atoms with Crippen LogP contribution < -0.4 is 29.0 Å². The Morgan fingerprint density at radius 3 is 2.48 bits per heavy atom. The van der Waals surface area contributed by atoms with Gasteiger partial charge in [-0.15, -0.1) is 9.46 Å². The van der Waals surface area contributed by atoms with E-state index in [2.05, 4.69) is 50.2 Å². The van der Waals surface area contributed by atoms with Crippen LogP contribution in [0.15, 0.2) is 89.6 Å². The summed E-state index contributed by atoms with van der Waals surface area (Å²) < 4.78 is 59.8. The monoisotopic (exact) mass is 724 g/mol. The van der Waals surface area contributed by atoms with E-state index in [0.717, 1.165) is 17.1 Å². The zero-order valence-corrected chi connectivity index (χ0v) is 27.6. The summed E-state index contributed by atoms with van der Waals surface area (Å²) in [6, 6.07) is 20.8. The molecule has 4 aromatic heterocycles. The highest BCUT2D eigenvalue weighted by molar-refractivity contribution is 7.61. The molecule has 4 bridgehead atoms. The molecule has 3 aliphatic heterocycles. The molecule has 2 N–H and O–H groups in total. The average Bonchev–Trinajstić information content (AvgIpc) is 3.92. The lowest BCUT2D eigenvalue weighted by molar-refractivity contribution is 0.0553. The van der Waals surface area contributed by atoms with Gasteiger partial charge in [0.2, 0.25) is 11.6 Å². The Morgan fingerprint density at radius 1 is 0.942 bits per heavy atom. The van der Waals surface area contributed by atoms with Gasteiger partial charge < -0.3 is 28.4 Å². The number of carbonyl (C=O) groups is 1. The van der Waals surface area contributed by atoms with Gasteiger partial charge in [-0.3, -0.25) is 10.3 Å². The standard InChI is InChI=1S/C25H20N10O7S.C7H4O2/c1-39-17-6-2-3-7-18(17)42-20-23(33-43(37)38)29-21(15-9-11-26-16(14-15)22-31-34-35-32-22)30-24(20)40-12-13-41-25(36)28-19-8-4-5-10-27-19;1-2-5-6-3-4(1)7(8-5)9-6/h2-11,14H,12-13H2,1H3,(H,27,28,36)(H,31,32,34,35);1-3,7H. The molecule has 20 heteroatoms. The van der Waals surface area contributed by atoms with Crippen LogP contribution >= 0.6 is 0 Å². The highest BCUT2D eigenvalue weighted by Gasteiger charge is 2.33. The number of H-pyrrole nitrogens is 1. The van der Waals surface area contributed by atoms with Crippen LogP contribution in [0.4, 0.5) is 16.4 Å². The van der Waals surface area contributed by atoms with Crippen molar-refractivity contribution in [1.82, 2.24) is 40.6 Å². The summed E-state index contributed by atoms with van der Waals surface area (Å²) in [5.74, 6) is 2.11. The number of rotatable bonds is 11. The van der Waals surface area contributed by atoms with E-state index in [1.807, 2.05) is 18.2 Å². The van der Waals surface area contributed by atoms with E-state index in [1.54, 1.807) is 54.6 Å². The van der Waals surface area contributed by atoms with Gasteiger partial charge in [-0.1, -0.05) is 18.2 Å². The fourth-order valence-corrected chi connectivity index (χ4v) is 5.01. The van der Waals surface area contributed by atoms with Gasteiger partial charge in [0, 0.05) is 23.5 Å². The van der Waals surface area contributed by atoms with Crippen LogP contribution in [0.1, 0.15) is 11.9 Å². The van der Waals surface area contributed by atoms with Gasteiger partial charge in [-0.2, -0.15) is 13.4 Å². The number of aromatic amines is 1. The first-order chi connectivity index (χ1) is 25.4. The van der Waals surface area contributed by atoms with Crippen LogP contribution in [0.3, 0.4) is 0 Å². The normalized spacial score (nSPS) is 12.8. The number of para-hydroxylation sites is 2. The highest BCUT2D eigenvalue weighted by atomic mass is 32.2. The Balaban J connectivity index is 0.000000397. The van der Waals surface area contributed by atoms with Gasteiger partial charge in [0.05, 0.1) is 7.11 Å². The van der Waals surface area contributed by atoms with E-state index in [9.17, 15) is 13.2 Å². The lowest BCUT2D eigenvalue weighted by Gasteiger charge is -2.15. The van der Waals surface area contributed by atoms with Crippen LogP contribution in [0, 0.1) is 0 Å². The minimum absolute atomic E-state index is 0.0107. The van der Waals surface area contributed by atoms with E-state index in [-0.39, 0.29) is 54.3 Å². The van der Waals surface area contributed by atoms with Crippen molar-refractivity contribution in [3.05, 3.63) is 90.8 Å². The van der Waals surface area contributed by atoms with E-state index < -0.39 is 16.6 Å². The fraction of sp³-hybridized carbons (Fsp3) is 0.125. The number of ether oxygens (including phenoxy) is 6. The quantitative estimate of drug-likeness (QED) is 0.172. The molecule has 6 aromatic rings. The summed E-state index contributed by atoms with van der Waals surface area (Å²) >= 11 is 0. The second kappa shape index (κ2) is 15.1. The third-order valence-electron chi connectivity index (χ3n) is 7.02. The van der Waals surface area contributed by atoms with Crippen LogP contribution in [0.2, 0.25) is 0 Å². The number of fused-ring (bicyclic) bond motifs is 1. The molecule has 0 radical (unpaired) electrons. The van der Waals surface area contributed by atoms with Gasteiger partial charge in [-0.25, -0.2) is 19.9 Å². The van der Waals surface area contributed by atoms with Crippen LogP contribution in [-0.2, 0) is 15.2 Å². The number of carbonyl (C=O) groups excluding carboxylic acids is 1. The van der Waals surface area contributed by atoms with Crippen molar-refractivity contribution in [2.45, 2.75) is 6.29 Å². The lowest BCUT2D eigenvalue weighted by atomic mass is 10.2. The second-order valence-electron chi connectivity index (χ2n) is 10.3. The van der Waals surface area contributed by atoms with Gasteiger partial charge in [0.15, 0.2) is 34.6 Å². The Morgan fingerprint density at radius 2 is 1.79 bits per heavy atom. The molecule has 52 heavy (non-hydrogen) atoms. The molecule has 1 atom stereocenters. The number of methoxy groups -OCH3 is 1. The maximum absolute atomic E-state index is 12.1. The molecule has 0 saturated carbocycles. The Kier molecular flexibility index (Phi) is 9.68. The maximum atomic E-state index is 12.1. The molecule has 0 spiro atoms. The predicted octanol–water partition coefficient (Wildman–Crippen LogP) is 4.71. The molecule has 0 aliphatic carbocycles. The van der Waals surface area contributed by atoms with Crippen molar-refractivity contribution in [2.75, 3.05) is 25.6 Å². The highest BCUT2D eigenvalue weighted by Crippen LogP contribution is 2.48. The molecule has 19 nitrogen and oxygen atoms in total. The van der Waals surface area contributed by atoms with Gasteiger partial charge >= 0.3 is 16.6 Å². The van der Waals surface area contributed by atoms with Crippen molar-refractivity contribution >= 4 is 28.2 Å². The number of amides is 1. The molecule has 0 fully saturated rings. The first kappa shape index (κ1) is 33.3. The largest absolute Gasteiger partial charge is 0.493 e. The number of hydrogen-bond acceptors (Lipinski definition) is 17. The smallest absolute Gasteiger partial charge is 0.412 e. The molecule has 262 valence electrons. The van der Waals surface area contributed by atoms with E-state index in [0.29, 0.717) is 22.8 Å². The maximum Gasteiger partial charge on any atom is 0.412 e. The van der Waals surface area contributed by atoms with E-state index in [4.69, 9.17) is 28.4 Å². The third-order valence-corrected chi connectivity index (χ3v) is 7.35. The van der Waals surface area contributed by atoms with Crippen molar-refractivity contribution < 1.29 is 41.6 Å². The lowest BCUT2D eigenvalue weighted by Crippen LogP contribution is -2.18. The average molecular weight is 725 g/mol. The fourth-order valence-electron chi connectivity index (χ4n) is 4.75. The van der Waals surface area contributed by atoms with Gasteiger partial charge in [-0.05, 0) is 65.0 Å². The summed E-state index contributed by atoms with van der Waals surface area (Å²) in [6.07, 6.45) is 2.12. The molecule has 9 rings (SSSR count). The van der Waals surface area contributed by atoms with E-state index >= 15 is 0 Å². The van der Waals surface area contributed by atoms with Crippen molar-refractivity contribution in [3.8, 4) is 57.5 Å². The number of pyridine rings is 2. The molecule has 7 heterocycles. The molecule has 1 unspecified atom stereocenters. The summed E-state index contributed by atoms with van der Waals surface area (Å²) in [5, 5.41) is 16.0. The Hall–Kier alpha value is -7.22. The number of benzene rings is 2. The Bertz CT molecular complexity index is 2360. The van der Waals surface area contributed by atoms with Crippen LogP contribution in [0.25, 0.3) is 22.9 Å². The van der Waals surface area contributed by atoms with Crippen molar-refractivity contribution in [1.29, 1.82) is 0 Å². The predicted molar refractivity (Wildman–Crippen MR) is 178 cm³/mol. The van der Waals surface area contributed by atoms with Crippen LogP contribution in [-0.4, -0.2) is 75.4 Å². The molecule has 2 aromatic carbocycles.